The van der Waals surface area contributed by atoms with Gasteiger partial charge >= 0.3 is 0 Å². The van der Waals surface area contributed by atoms with Gasteiger partial charge in [-0.1, -0.05) is 6.58 Å². The fourth-order valence-electron chi connectivity index (χ4n) is 0.661. The lowest BCUT2D eigenvalue weighted by atomic mass is 10.3. The van der Waals surface area contributed by atoms with Gasteiger partial charge in [0.1, 0.15) is 5.75 Å². The Bertz CT molecular complexity index is 271. The minimum Gasteiger partial charge on any atom is -0.465 e. The van der Waals surface area contributed by atoms with Crippen molar-refractivity contribution in [1.29, 1.82) is 0 Å². The summed E-state index contributed by atoms with van der Waals surface area (Å²) in [5.74, 6) is 0.862. The molecule has 1 aromatic carbocycles. The Hall–Kier alpha value is 0.220. The van der Waals surface area contributed by atoms with Gasteiger partial charge in [0.2, 0.25) is 0 Å². The minimum absolute atomic E-state index is 0.862. The summed E-state index contributed by atoms with van der Waals surface area (Å²) >= 11 is 4.50. The highest BCUT2D eigenvalue weighted by Gasteiger charge is 1.98. The number of hydrogen-bond donors (Lipinski definition) is 0. The topological polar surface area (TPSA) is 9.23 Å². The summed E-state index contributed by atoms with van der Waals surface area (Å²) < 4.78 is 7.46. The third-order valence-electron chi connectivity index (χ3n) is 1.10. The van der Waals surface area contributed by atoms with Crippen LogP contribution >= 0.6 is 45.2 Å². The third-order valence-corrected chi connectivity index (χ3v) is 2.62. The molecular weight excluding hydrogens is 366 g/mol. The number of halogens is 2. The van der Waals surface area contributed by atoms with Crippen molar-refractivity contribution < 1.29 is 4.74 Å². The zero-order valence-corrected chi connectivity index (χ0v) is 10.00. The molecule has 1 aromatic rings. The molecule has 0 aliphatic heterocycles. The molecule has 0 aliphatic rings. The molecule has 0 radical (unpaired) electrons. The smallest absolute Gasteiger partial charge is 0.139 e. The number of benzene rings is 1. The first-order valence-electron chi connectivity index (χ1n) is 2.96. The van der Waals surface area contributed by atoms with E-state index in [1.807, 2.05) is 12.1 Å². The first-order valence-corrected chi connectivity index (χ1v) is 5.12. The minimum atomic E-state index is 0.862. The van der Waals surface area contributed by atoms with Crippen molar-refractivity contribution in [2.24, 2.45) is 0 Å². The van der Waals surface area contributed by atoms with E-state index in [0.717, 1.165) is 9.32 Å². The predicted molar refractivity (Wildman–Crippen MR) is 62.7 cm³/mol. The van der Waals surface area contributed by atoms with Gasteiger partial charge in [-0.3, -0.25) is 0 Å². The van der Waals surface area contributed by atoms with Crippen LogP contribution in [0.4, 0.5) is 0 Å². The van der Waals surface area contributed by atoms with Gasteiger partial charge in [-0.25, -0.2) is 0 Å². The molecule has 58 valence electrons. The molecule has 0 atom stereocenters. The Morgan fingerprint density at radius 1 is 1.36 bits per heavy atom. The van der Waals surface area contributed by atoms with Gasteiger partial charge in [0.25, 0.3) is 0 Å². The van der Waals surface area contributed by atoms with Crippen molar-refractivity contribution >= 4 is 45.2 Å². The molecule has 0 aromatic heterocycles. The summed E-state index contributed by atoms with van der Waals surface area (Å²) in [4.78, 5) is 0. The molecular formula is C8H6I2O. The Labute approximate surface area is 93.1 Å². The second-order valence-electron chi connectivity index (χ2n) is 1.86. The van der Waals surface area contributed by atoms with Crippen molar-refractivity contribution in [3.05, 3.63) is 38.2 Å². The standard InChI is InChI=1S/C8H6I2O/c1-2-11-8-4-3-6(9)5-7(8)10/h2-5H,1H2. The Kier molecular flexibility index (Phi) is 3.64. The molecule has 0 unspecified atom stereocenters. The maximum atomic E-state index is 5.14. The Balaban J connectivity index is 2.98. The molecule has 0 amide bonds. The quantitative estimate of drug-likeness (QED) is 0.571. The maximum Gasteiger partial charge on any atom is 0.139 e. The van der Waals surface area contributed by atoms with E-state index in [0.29, 0.717) is 0 Å². The van der Waals surface area contributed by atoms with Crippen LogP contribution in [0.15, 0.2) is 31.0 Å². The molecule has 0 saturated carbocycles. The van der Waals surface area contributed by atoms with E-state index in [1.54, 1.807) is 0 Å². The van der Waals surface area contributed by atoms with Crippen LogP contribution in [-0.4, -0.2) is 0 Å². The lowest BCUT2D eigenvalue weighted by Gasteiger charge is -2.01. The molecule has 0 fully saturated rings. The average molecular weight is 372 g/mol. The summed E-state index contributed by atoms with van der Waals surface area (Å²) in [6.45, 7) is 3.49. The molecule has 11 heavy (non-hydrogen) atoms. The summed E-state index contributed by atoms with van der Waals surface area (Å²) in [5, 5.41) is 0. The van der Waals surface area contributed by atoms with Crippen molar-refractivity contribution in [3.8, 4) is 5.75 Å². The Morgan fingerprint density at radius 3 is 2.64 bits per heavy atom. The molecule has 1 rings (SSSR count). The van der Waals surface area contributed by atoms with Crippen molar-refractivity contribution in [3.63, 3.8) is 0 Å². The summed E-state index contributed by atoms with van der Waals surface area (Å²) in [5.41, 5.74) is 0. The molecule has 0 aliphatic carbocycles. The van der Waals surface area contributed by atoms with Gasteiger partial charge in [-0.2, -0.15) is 0 Å². The van der Waals surface area contributed by atoms with E-state index < -0.39 is 0 Å². The fourth-order valence-corrected chi connectivity index (χ4v) is 2.39. The van der Waals surface area contributed by atoms with Gasteiger partial charge in [0.15, 0.2) is 0 Å². The van der Waals surface area contributed by atoms with Crippen molar-refractivity contribution in [2.75, 3.05) is 0 Å². The molecule has 0 bridgehead atoms. The fraction of sp³-hybridized carbons (Fsp3) is 0. The monoisotopic (exact) mass is 372 g/mol. The SMILES string of the molecule is C=COc1ccc(I)cc1I. The van der Waals surface area contributed by atoms with E-state index in [4.69, 9.17) is 4.74 Å². The normalized spacial score (nSPS) is 9.27. The van der Waals surface area contributed by atoms with Crippen LogP contribution < -0.4 is 4.74 Å². The molecule has 3 heteroatoms. The molecule has 0 N–H and O–H groups in total. The number of ether oxygens (including phenoxy) is 1. The van der Waals surface area contributed by atoms with Crippen LogP contribution in [0.25, 0.3) is 0 Å². The van der Waals surface area contributed by atoms with Crippen LogP contribution in [-0.2, 0) is 0 Å². The summed E-state index contributed by atoms with van der Waals surface area (Å²) in [6.07, 6.45) is 1.43. The Morgan fingerprint density at radius 2 is 2.09 bits per heavy atom. The summed E-state index contributed by atoms with van der Waals surface area (Å²) in [7, 11) is 0. The second-order valence-corrected chi connectivity index (χ2v) is 4.27. The molecule has 0 saturated heterocycles. The van der Waals surface area contributed by atoms with Crippen LogP contribution in [0.1, 0.15) is 0 Å². The van der Waals surface area contributed by atoms with Crippen molar-refractivity contribution in [1.82, 2.24) is 0 Å². The highest BCUT2D eigenvalue weighted by molar-refractivity contribution is 14.1. The largest absolute Gasteiger partial charge is 0.465 e. The predicted octanol–water partition coefficient (Wildman–Crippen LogP) is 3.42. The van der Waals surface area contributed by atoms with Crippen LogP contribution in [0.3, 0.4) is 0 Å². The van der Waals surface area contributed by atoms with Crippen LogP contribution in [0.2, 0.25) is 0 Å². The maximum absolute atomic E-state index is 5.14. The zero-order valence-electron chi connectivity index (χ0n) is 5.68. The van der Waals surface area contributed by atoms with E-state index in [1.165, 1.54) is 9.83 Å². The van der Waals surface area contributed by atoms with E-state index >= 15 is 0 Å². The highest BCUT2D eigenvalue weighted by atomic mass is 127. The zero-order chi connectivity index (χ0) is 8.27. The lowest BCUT2D eigenvalue weighted by Crippen LogP contribution is -1.85. The van der Waals surface area contributed by atoms with Crippen LogP contribution in [0, 0.1) is 7.14 Å². The van der Waals surface area contributed by atoms with Gasteiger partial charge in [0.05, 0.1) is 9.83 Å². The van der Waals surface area contributed by atoms with E-state index in [-0.39, 0.29) is 0 Å². The summed E-state index contributed by atoms with van der Waals surface area (Å²) in [6, 6.07) is 5.99. The highest BCUT2D eigenvalue weighted by Crippen LogP contribution is 2.22. The number of hydrogen-bond acceptors (Lipinski definition) is 1. The van der Waals surface area contributed by atoms with E-state index in [9.17, 15) is 0 Å². The molecule has 0 heterocycles. The number of rotatable bonds is 2. The van der Waals surface area contributed by atoms with Crippen LogP contribution in [0.5, 0.6) is 5.75 Å². The van der Waals surface area contributed by atoms with Gasteiger partial charge < -0.3 is 4.74 Å². The van der Waals surface area contributed by atoms with E-state index in [2.05, 4.69) is 57.8 Å². The lowest BCUT2D eigenvalue weighted by molar-refractivity contribution is 0.480. The first-order chi connectivity index (χ1) is 5.24. The second kappa shape index (κ2) is 4.30. The van der Waals surface area contributed by atoms with Gasteiger partial charge in [-0.05, 0) is 63.4 Å². The van der Waals surface area contributed by atoms with Gasteiger partial charge in [-0.15, -0.1) is 0 Å². The first kappa shape index (κ1) is 9.31. The van der Waals surface area contributed by atoms with Gasteiger partial charge in [0, 0.05) is 3.57 Å². The molecule has 0 spiro atoms. The average Bonchev–Trinajstić information content (AvgIpc) is 1.95. The third kappa shape index (κ3) is 2.62. The van der Waals surface area contributed by atoms with Crippen molar-refractivity contribution in [2.45, 2.75) is 0 Å². The molecule has 1 nitrogen and oxygen atoms in total.